The Morgan fingerprint density at radius 3 is 1.32 bits per heavy atom. The summed E-state index contributed by atoms with van der Waals surface area (Å²) in [5, 5.41) is 1.67. The van der Waals surface area contributed by atoms with E-state index in [4.69, 9.17) is 37.3 Å². The molecule has 0 N–H and O–H groups in total. The Hall–Kier alpha value is -0.600. The molecule has 0 aliphatic carbocycles. The lowest BCUT2D eigenvalue weighted by atomic mass is 10.1. The highest BCUT2D eigenvalue weighted by molar-refractivity contribution is 8.06. The molecular weight excluding hydrogens is 491 g/mol. The molecule has 2 bridgehead atoms. The molecule has 3 aliphatic rings. The summed E-state index contributed by atoms with van der Waals surface area (Å²) in [4.78, 5) is 6.58. The Bertz CT molecular complexity index is 788. The fourth-order valence-corrected chi connectivity index (χ4v) is 10.6. The van der Waals surface area contributed by atoms with E-state index in [1.165, 1.54) is 19.3 Å². The maximum absolute atomic E-state index is 8.49. The first-order valence-electron chi connectivity index (χ1n) is 9.20. The minimum absolute atomic E-state index is 0.293. The summed E-state index contributed by atoms with van der Waals surface area (Å²) in [5.41, 5.74) is 0. The van der Waals surface area contributed by atoms with Gasteiger partial charge >= 0.3 is 0 Å². The lowest BCUT2D eigenvalue weighted by Gasteiger charge is -2.34. The molecule has 0 saturated heterocycles. The second kappa shape index (κ2) is 11.0. The average molecular weight is 513 g/mol. The number of hydrogen-bond donors (Lipinski definition) is 0. The highest BCUT2D eigenvalue weighted by atomic mass is 35.7. The Kier molecular flexibility index (Phi) is 9.47. The van der Waals surface area contributed by atoms with Gasteiger partial charge in [0.15, 0.2) is 10.5 Å². The summed E-state index contributed by atoms with van der Waals surface area (Å²) in [5.74, 6) is 0. The van der Waals surface area contributed by atoms with Gasteiger partial charge in [-0.25, -0.2) is 37.3 Å². The Morgan fingerprint density at radius 1 is 0.677 bits per heavy atom. The lowest BCUT2D eigenvalue weighted by Crippen LogP contribution is -2.68. The molecule has 5 rings (SSSR count). The van der Waals surface area contributed by atoms with Crippen molar-refractivity contribution in [2.75, 3.05) is 0 Å². The van der Waals surface area contributed by atoms with Crippen molar-refractivity contribution in [3.63, 3.8) is 0 Å². The van der Waals surface area contributed by atoms with Crippen LogP contribution in [0, 0.1) is 20.5 Å². The van der Waals surface area contributed by atoms with Gasteiger partial charge in [-0.2, -0.15) is 0 Å². The van der Waals surface area contributed by atoms with E-state index in [-0.39, 0.29) is 0 Å². The van der Waals surface area contributed by atoms with Crippen LogP contribution in [0.3, 0.4) is 0 Å². The second-order valence-corrected chi connectivity index (χ2v) is 12.7. The van der Waals surface area contributed by atoms with Gasteiger partial charge in [0.25, 0.3) is 0 Å². The van der Waals surface area contributed by atoms with Crippen LogP contribution in [-0.4, -0.2) is 10.5 Å². The van der Waals surface area contributed by atoms with Crippen molar-refractivity contribution in [3.8, 4) is 0 Å². The van der Waals surface area contributed by atoms with E-state index in [2.05, 4.69) is 62.4 Å². The van der Waals surface area contributed by atoms with Crippen LogP contribution >= 0.6 is 0 Å². The van der Waals surface area contributed by atoms with Gasteiger partial charge in [0, 0.05) is 6.42 Å². The summed E-state index contributed by atoms with van der Waals surface area (Å²) < 4.78 is 67.9. The molecule has 2 aromatic carbocycles. The van der Waals surface area contributed by atoms with Gasteiger partial charge in [-0.05, 0) is 37.6 Å². The van der Waals surface area contributed by atoms with Crippen LogP contribution in [0.1, 0.15) is 33.1 Å². The predicted molar refractivity (Wildman–Crippen MR) is 93.5 cm³/mol. The highest BCUT2D eigenvalue weighted by Crippen LogP contribution is 2.53. The Labute approximate surface area is 191 Å². The van der Waals surface area contributed by atoms with Crippen LogP contribution in [0.2, 0.25) is 0 Å². The normalized spacial score (nSPS) is 23.5. The largest absolute Gasteiger partial charge is 0.222 e. The molecule has 0 amide bonds. The molecule has 0 radical (unpaired) electrons. The van der Waals surface area contributed by atoms with Crippen molar-refractivity contribution in [3.05, 3.63) is 48.5 Å². The molecule has 3 heterocycles. The molecule has 0 aromatic heterocycles. The van der Waals surface area contributed by atoms with Crippen LogP contribution < -0.4 is 37.3 Å². The molecule has 2 aromatic rings. The van der Waals surface area contributed by atoms with Crippen molar-refractivity contribution in [2.24, 2.45) is 0 Å². The zero-order valence-corrected chi connectivity index (χ0v) is 19.9. The van der Waals surface area contributed by atoms with Crippen molar-refractivity contribution in [1.29, 1.82) is 0 Å². The van der Waals surface area contributed by atoms with Gasteiger partial charge in [0.05, 0.1) is 21.8 Å². The van der Waals surface area contributed by atoms with E-state index >= 15 is 0 Å². The van der Waals surface area contributed by atoms with E-state index in [0.717, 1.165) is 10.5 Å². The van der Waals surface area contributed by atoms with Crippen LogP contribution in [0.15, 0.2) is 68.1 Å². The first kappa shape index (κ1) is 26.7. The molecule has 2 atom stereocenters. The molecule has 8 nitrogen and oxygen atoms in total. The molecule has 0 spiro atoms. The summed E-state index contributed by atoms with van der Waals surface area (Å²) in [7, 11) is -9.29. The predicted octanol–water partition coefficient (Wildman–Crippen LogP) is -4.48. The number of unbranched alkanes of at least 4 members (excludes halogenated alkanes) is 1. The molecule has 0 saturated carbocycles. The SMILES string of the molecule is CCCC[C@@H]1[C@H](C)[S+]2c3ccccc3[S+]1c1ccccc12.[O-][Cl+3]([O-])([O-])[O-].[O-][Cl+3]([O-])([O-])[O-]. The summed E-state index contributed by atoms with van der Waals surface area (Å²) in [6.45, 7) is 4.83. The van der Waals surface area contributed by atoms with Crippen LogP contribution in [0.5, 0.6) is 0 Å². The van der Waals surface area contributed by atoms with Gasteiger partial charge in [-0.15, -0.1) is 20.5 Å². The van der Waals surface area contributed by atoms with E-state index in [9.17, 15) is 0 Å². The number of halogens is 2. The van der Waals surface area contributed by atoms with E-state index < -0.39 is 20.5 Å². The number of rotatable bonds is 3. The van der Waals surface area contributed by atoms with Crippen molar-refractivity contribution < 1.29 is 57.8 Å². The fraction of sp³-hybridized carbons (Fsp3) is 0.368. The first-order valence-corrected chi connectivity index (χ1v) is 14.2. The molecule has 172 valence electrons. The van der Waals surface area contributed by atoms with Gasteiger partial charge < -0.3 is 0 Å². The second-order valence-electron chi connectivity index (χ2n) is 6.71. The smallest absolute Gasteiger partial charge is 0.216 e. The van der Waals surface area contributed by atoms with Crippen LogP contribution in [0.25, 0.3) is 0 Å². The lowest BCUT2D eigenvalue weighted by molar-refractivity contribution is -2.00. The third-order valence-corrected chi connectivity index (χ3v) is 10.8. The van der Waals surface area contributed by atoms with Crippen LogP contribution in [0.4, 0.5) is 0 Å². The minimum atomic E-state index is -4.94. The average Bonchev–Trinajstić information content (AvgIpc) is 2.64. The van der Waals surface area contributed by atoms with Gasteiger partial charge in [-0.3, -0.25) is 0 Å². The zero-order chi connectivity index (χ0) is 23.4. The summed E-state index contributed by atoms with van der Waals surface area (Å²) in [6.07, 6.45) is 4.09. The minimum Gasteiger partial charge on any atom is -0.222 e. The zero-order valence-electron chi connectivity index (χ0n) is 16.7. The number of hydrogen-bond acceptors (Lipinski definition) is 8. The van der Waals surface area contributed by atoms with E-state index in [1.54, 1.807) is 19.6 Å². The van der Waals surface area contributed by atoms with Gasteiger partial charge in [0.1, 0.15) is 0 Å². The highest BCUT2D eigenvalue weighted by Gasteiger charge is 2.63. The topological polar surface area (TPSA) is 184 Å². The molecule has 0 unspecified atom stereocenters. The Balaban J connectivity index is 0.000000289. The first-order chi connectivity index (χ1) is 14.3. The number of fused-ring (bicyclic) bond motifs is 1. The summed E-state index contributed by atoms with van der Waals surface area (Å²) >= 11 is 0. The van der Waals surface area contributed by atoms with E-state index in [1.807, 2.05) is 0 Å². The van der Waals surface area contributed by atoms with Crippen molar-refractivity contribution in [1.82, 2.24) is 0 Å². The molecule has 12 heteroatoms. The monoisotopic (exact) mass is 512 g/mol. The Morgan fingerprint density at radius 2 is 1.00 bits per heavy atom. The van der Waals surface area contributed by atoms with Crippen molar-refractivity contribution in [2.45, 2.75) is 63.2 Å². The molecular formula is C19H22Cl2O8S2. The van der Waals surface area contributed by atoms with Gasteiger partial charge in [-0.1, -0.05) is 37.6 Å². The standard InChI is InChI=1S/C19H22S2.2ClHO4/c1-3-4-9-15-14(2)20-16-10-5-7-12-18(16)21(15)19-13-8-6-11-17(19)20;2*2-1(3,4)5/h5-8,10-15H,3-4,9H2,1-2H3;2*(H,2,3,4,5)/q+2;;/p-2/t14-,15+,20?,21?;;/m0../s1. The maximum Gasteiger partial charge on any atom is 0.216 e. The van der Waals surface area contributed by atoms with Gasteiger partial charge in [0.2, 0.25) is 19.6 Å². The van der Waals surface area contributed by atoms with E-state index in [0.29, 0.717) is 21.8 Å². The van der Waals surface area contributed by atoms with Crippen molar-refractivity contribution >= 4 is 21.8 Å². The summed E-state index contributed by atoms with van der Waals surface area (Å²) in [6, 6.07) is 18.5. The third kappa shape index (κ3) is 7.74. The third-order valence-electron chi connectivity index (χ3n) is 4.69. The number of benzene rings is 2. The quantitative estimate of drug-likeness (QED) is 0.368. The molecule has 0 fully saturated rings. The molecule has 31 heavy (non-hydrogen) atoms. The maximum atomic E-state index is 8.49. The molecule has 3 aliphatic heterocycles. The fourth-order valence-electron chi connectivity index (χ4n) is 3.69. The van der Waals surface area contributed by atoms with Crippen LogP contribution in [-0.2, 0) is 21.8 Å².